The molecule has 2 saturated heterocycles. The summed E-state index contributed by atoms with van der Waals surface area (Å²) in [4.78, 5) is 12.2. The summed E-state index contributed by atoms with van der Waals surface area (Å²) in [6.45, 7) is 3.13. The molecule has 2 fully saturated rings. The van der Waals surface area contributed by atoms with Crippen LogP contribution in [0.5, 0.6) is 0 Å². The molecule has 0 aromatic heterocycles. The second-order valence-electron chi connectivity index (χ2n) is 5.58. The maximum atomic E-state index is 12.8. The molecule has 2 aromatic carbocycles. The minimum Gasteiger partial charge on any atom is -0.308 e. The summed E-state index contributed by atoms with van der Waals surface area (Å²) in [6.07, 6.45) is 0. The van der Waals surface area contributed by atoms with Crippen LogP contribution in [0.4, 0.5) is 10.5 Å². The molecule has 2 aliphatic rings. The van der Waals surface area contributed by atoms with Gasteiger partial charge in [-0.15, -0.1) is 0 Å². The van der Waals surface area contributed by atoms with E-state index in [1.165, 1.54) is 0 Å². The van der Waals surface area contributed by atoms with E-state index in [9.17, 15) is 9.36 Å². The van der Waals surface area contributed by atoms with Crippen molar-refractivity contribution in [2.75, 3.05) is 31.5 Å². The Bertz CT molecular complexity index is 770. The molecular formula is C15H17N4O2P. The summed E-state index contributed by atoms with van der Waals surface area (Å²) in [6, 6.07) is 13.3. The largest absolute Gasteiger partial charge is 0.326 e. The Morgan fingerprint density at radius 3 is 2.23 bits per heavy atom. The lowest BCUT2D eigenvalue weighted by Crippen LogP contribution is -2.31. The third-order valence-corrected chi connectivity index (χ3v) is 6.70. The van der Waals surface area contributed by atoms with E-state index in [-0.39, 0.29) is 0 Å². The number of carbonyl (C=O) groups excluding carboxylic acids is 1. The molecule has 7 heteroatoms. The Hall–Kier alpha value is -1.88. The van der Waals surface area contributed by atoms with Gasteiger partial charge in [-0.2, -0.15) is 0 Å². The lowest BCUT2D eigenvalue weighted by Gasteiger charge is -2.21. The third-order valence-electron chi connectivity index (χ3n) is 3.87. The number of fused-ring (bicyclic) bond motifs is 1. The fourth-order valence-corrected chi connectivity index (χ4v) is 4.73. The highest BCUT2D eigenvalue weighted by molar-refractivity contribution is 7.58. The quantitative estimate of drug-likeness (QED) is 0.672. The minimum absolute atomic E-state index is 0.419. The molecule has 2 heterocycles. The van der Waals surface area contributed by atoms with Crippen molar-refractivity contribution in [1.82, 2.24) is 14.4 Å². The topological polar surface area (TPSA) is 64.2 Å². The average Bonchev–Trinajstić information content (AvgIpc) is 3.40. The highest BCUT2D eigenvalue weighted by Crippen LogP contribution is 2.56. The van der Waals surface area contributed by atoms with Crippen molar-refractivity contribution >= 4 is 30.1 Å². The Kier molecular flexibility index (Phi) is 3.18. The van der Waals surface area contributed by atoms with Gasteiger partial charge in [0, 0.05) is 31.9 Å². The molecule has 2 amide bonds. The van der Waals surface area contributed by atoms with Crippen LogP contribution in [0.1, 0.15) is 0 Å². The summed E-state index contributed by atoms with van der Waals surface area (Å²) in [5.74, 6) is 0. The van der Waals surface area contributed by atoms with Crippen molar-refractivity contribution in [2.45, 2.75) is 0 Å². The molecule has 4 rings (SSSR count). The molecule has 0 aliphatic carbocycles. The molecule has 0 radical (unpaired) electrons. The average molecular weight is 316 g/mol. The minimum atomic E-state index is -2.88. The SMILES string of the molecule is O=C(Nc1ccc2ccccc2c1)NP(=O)(N1CC1)N1CC1. The van der Waals surface area contributed by atoms with E-state index in [1.807, 2.05) is 51.8 Å². The number of benzene rings is 2. The summed E-state index contributed by atoms with van der Waals surface area (Å²) in [5, 5.41) is 7.62. The van der Waals surface area contributed by atoms with E-state index in [1.54, 1.807) is 0 Å². The molecular weight excluding hydrogens is 299 g/mol. The van der Waals surface area contributed by atoms with Crippen LogP contribution in [0.2, 0.25) is 0 Å². The molecule has 6 nitrogen and oxygen atoms in total. The lowest BCUT2D eigenvalue weighted by molar-refractivity contribution is 0.255. The van der Waals surface area contributed by atoms with Crippen LogP contribution in [0.15, 0.2) is 42.5 Å². The third kappa shape index (κ3) is 2.61. The second kappa shape index (κ2) is 5.09. The smallest absolute Gasteiger partial charge is 0.308 e. The summed E-state index contributed by atoms with van der Waals surface area (Å²) in [5.41, 5.74) is 0.694. The molecule has 0 saturated carbocycles. The lowest BCUT2D eigenvalue weighted by atomic mass is 10.1. The molecule has 114 valence electrons. The molecule has 22 heavy (non-hydrogen) atoms. The van der Waals surface area contributed by atoms with Crippen LogP contribution in [0.3, 0.4) is 0 Å². The molecule has 2 aliphatic heterocycles. The zero-order chi connectivity index (χ0) is 15.2. The fourth-order valence-electron chi connectivity index (χ4n) is 2.51. The second-order valence-corrected chi connectivity index (χ2v) is 8.02. The highest BCUT2D eigenvalue weighted by atomic mass is 31.2. The van der Waals surface area contributed by atoms with Gasteiger partial charge in [0.2, 0.25) is 0 Å². The molecule has 0 unspecified atom stereocenters. The van der Waals surface area contributed by atoms with Gasteiger partial charge in [-0.3, -0.25) is 9.65 Å². The van der Waals surface area contributed by atoms with E-state index in [0.29, 0.717) is 5.69 Å². The predicted molar refractivity (Wildman–Crippen MR) is 86.9 cm³/mol. The fraction of sp³-hybridized carbons (Fsp3) is 0.267. The number of amides is 2. The predicted octanol–water partition coefficient (Wildman–Crippen LogP) is 2.70. The number of anilines is 1. The first-order valence-corrected chi connectivity index (χ1v) is 8.95. The van der Waals surface area contributed by atoms with Crippen LogP contribution in [0, 0.1) is 0 Å². The Morgan fingerprint density at radius 1 is 0.955 bits per heavy atom. The zero-order valence-corrected chi connectivity index (χ0v) is 12.9. The number of hydrogen-bond donors (Lipinski definition) is 2. The van der Waals surface area contributed by atoms with Gasteiger partial charge in [0.15, 0.2) is 0 Å². The number of hydrogen-bond acceptors (Lipinski definition) is 2. The van der Waals surface area contributed by atoms with Gasteiger partial charge in [-0.25, -0.2) is 14.1 Å². The Morgan fingerprint density at radius 2 is 1.59 bits per heavy atom. The normalized spacial score (nSPS) is 18.2. The monoisotopic (exact) mass is 316 g/mol. The summed E-state index contributed by atoms with van der Waals surface area (Å²) < 4.78 is 16.5. The summed E-state index contributed by atoms with van der Waals surface area (Å²) >= 11 is 0. The van der Waals surface area contributed by atoms with Gasteiger partial charge < -0.3 is 5.32 Å². The van der Waals surface area contributed by atoms with Crippen molar-refractivity contribution in [3.8, 4) is 0 Å². The van der Waals surface area contributed by atoms with E-state index in [0.717, 1.165) is 37.0 Å². The van der Waals surface area contributed by atoms with Crippen LogP contribution >= 0.6 is 7.59 Å². The van der Waals surface area contributed by atoms with Crippen molar-refractivity contribution in [1.29, 1.82) is 0 Å². The first-order valence-electron chi connectivity index (χ1n) is 7.34. The first-order chi connectivity index (χ1) is 10.6. The standard InChI is InChI=1S/C15H17N4O2P/c20-15(17-22(21,18-7-8-18)19-9-10-19)16-14-6-5-12-3-1-2-4-13(12)11-14/h1-6,11H,7-10H2,(H2,16,17,20,21). The molecule has 0 spiro atoms. The summed E-state index contributed by atoms with van der Waals surface area (Å²) in [7, 11) is -2.88. The van der Waals surface area contributed by atoms with Crippen molar-refractivity contribution in [3.63, 3.8) is 0 Å². The molecule has 0 bridgehead atoms. The van der Waals surface area contributed by atoms with E-state index in [2.05, 4.69) is 10.4 Å². The van der Waals surface area contributed by atoms with E-state index < -0.39 is 13.6 Å². The van der Waals surface area contributed by atoms with Gasteiger partial charge in [-0.05, 0) is 22.9 Å². The van der Waals surface area contributed by atoms with Crippen molar-refractivity contribution in [2.24, 2.45) is 0 Å². The number of nitrogens with one attached hydrogen (secondary N) is 2. The Labute approximate surface area is 128 Å². The number of urea groups is 1. The van der Waals surface area contributed by atoms with E-state index in [4.69, 9.17) is 0 Å². The van der Waals surface area contributed by atoms with Crippen molar-refractivity contribution in [3.05, 3.63) is 42.5 Å². The number of rotatable bonds is 4. The van der Waals surface area contributed by atoms with Crippen LogP contribution in [-0.4, -0.2) is 41.6 Å². The molecule has 2 N–H and O–H groups in total. The maximum absolute atomic E-state index is 12.8. The van der Waals surface area contributed by atoms with Gasteiger partial charge in [0.25, 0.3) is 0 Å². The van der Waals surface area contributed by atoms with E-state index >= 15 is 0 Å². The molecule has 2 aromatic rings. The van der Waals surface area contributed by atoms with Gasteiger partial charge in [0.05, 0.1) is 0 Å². The van der Waals surface area contributed by atoms with Crippen LogP contribution in [0.25, 0.3) is 10.8 Å². The zero-order valence-electron chi connectivity index (χ0n) is 12.0. The maximum Gasteiger partial charge on any atom is 0.326 e. The molecule has 0 atom stereocenters. The van der Waals surface area contributed by atoms with Gasteiger partial charge in [-0.1, -0.05) is 30.3 Å². The number of nitrogens with zero attached hydrogens (tertiary/aromatic N) is 2. The number of carbonyl (C=O) groups is 1. The van der Waals surface area contributed by atoms with Gasteiger partial charge >= 0.3 is 13.6 Å². The van der Waals surface area contributed by atoms with Gasteiger partial charge in [0.1, 0.15) is 0 Å². The van der Waals surface area contributed by atoms with Crippen molar-refractivity contribution < 1.29 is 9.36 Å². The van der Waals surface area contributed by atoms with Crippen LogP contribution in [-0.2, 0) is 4.57 Å². The van der Waals surface area contributed by atoms with Crippen LogP contribution < -0.4 is 10.4 Å². The Balaban J connectivity index is 1.49. The first kappa shape index (κ1) is 13.8. The highest BCUT2D eigenvalue weighted by Gasteiger charge is 2.49.